The zero-order valence-electron chi connectivity index (χ0n) is 26.5. The van der Waals surface area contributed by atoms with Crippen molar-refractivity contribution in [3.05, 3.63) is 125 Å². The van der Waals surface area contributed by atoms with Gasteiger partial charge in [-0.1, -0.05) is 85.3 Å². The molecule has 0 saturated carbocycles. The Bertz CT molecular complexity index is 1740. The van der Waals surface area contributed by atoms with Crippen molar-refractivity contribution >= 4 is 39.1 Å². The number of sulfonamides is 1. The lowest BCUT2D eigenvalue weighted by molar-refractivity contribution is -0.140. The number of rotatable bonds is 14. The number of benzene rings is 4. The van der Waals surface area contributed by atoms with E-state index in [-0.39, 0.29) is 41.2 Å². The average molecular weight is 662 g/mol. The van der Waals surface area contributed by atoms with Crippen LogP contribution in [0, 0.1) is 6.92 Å². The topological polar surface area (TPSA) is 96.0 Å². The van der Waals surface area contributed by atoms with Crippen molar-refractivity contribution in [1.82, 2.24) is 10.2 Å². The summed E-state index contributed by atoms with van der Waals surface area (Å²) in [5.74, 6) is -0.614. The van der Waals surface area contributed by atoms with E-state index in [4.69, 9.17) is 16.3 Å². The number of nitrogens with zero attached hydrogens (tertiary/aromatic N) is 2. The molecule has 0 bridgehead atoms. The van der Waals surface area contributed by atoms with Crippen molar-refractivity contribution in [2.24, 2.45) is 0 Å². The largest absolute Gasteiger partial charge is 0.495 e. The summed E-state index contributed by atoms with van der Waals surface area (Å²) >= 11 is 6.32. The minimum absolute atomic E-state index is 0.0168. The SMILES string of the molecule is CC[C@H](C)NC(=O)[C@H](Cc1ccccc1)N(Cc1cccc(Cl)c1)C(=O)CN(c1cc(C)ccc1OC)S(=O)(=O)c1ccccc1. The normalized spacial score (nSPS) is 12.5. The van der Waals surface area contributed by atoms with Crippen LogP contribution in [0.15, 0.2) is 108 Å². The number of aryl methyl sites for hydroxylation is 1. The van der Waals surface area contributed by atoms with E-state index in [1.54, 1.807) is 54.6 Å². The lowest BCUT2D eigenvalue weighted by atomic mass is 10.0. The lowest BCUT2D eigenvalue weighted by Crippen LogP contribution is -2.54. The van der Waals surface area contributed by atoms with Crippen molar-refractivity contribution in [3.63, 3.8) is 0 Å². The standard InChI is InChI=1S/C36H40ClN3O5S/c1-5-27(3)38-36(42)33(23-28-13-8-6-9-14-28)39(24-29-15-12-16-30(37)22-29)35(41)25-40(32-21-26(2)19-20-34(32)45-4)46(43,44)31-17-10-7-11-18-31/h6-22,27,33H,5,23-25H2,1-4H3,(H,38,42)/t27-,33-/m0/s1. The van der Waals surface area contributed by atoms with Crippen LogP contribution in [0.3, 0.4) is 0 Å². The number of anilines is 1. The Labute approximate surface area is 277 Å². The Morgan fingerprint density at radius 1 is 0.891 bits per heavy atom. The lowest BCUT2D eigenvalue weighted by Gasteiger charge is -2.34. The number of halogens is 1. The molecule has 4 aromatic rings. The maximum atomic E-state index is 14.6. The summed E-state index contributed by atoms with van der Waals surface area (Å²) in [6.07, 6.45) is 0.914. The van der Waals surface area contributed by atoms with Crippen LogP contribution in [0.2, 0.25) is 5.02 Å². The number of methoxy groups -OCH3 is 1. The molecule has 0 aromatic heterocycles. The number of carbonyl (C=O) groups is 2. The monoisotopic (exact) mass is 661 g/mol. The zero-order chi connectivity index (χ0) is 33.3. The number of hydrogen-bond acceptors (Lipinski definition) is 5. The highest BCUT2D eigenvalue weighted by Crippen LogP contribution is 2.34. The van der Waals surface area contributed by atoms with Crippen molar-refractivity contribution in [2.45, 2.75) is 57.1 Å². The first-order chi connectivity index (χ1) is 22.0. The smallest absolute Gasteiger partial charge is 0.264 e. The second-order valence-electron chi connectivity index (χ2n) is 11.2. The Morgan fingerprint density at radius 2 is 1.54 bits per heavy atom. The second-order valence-corrected chi connectivity index (χ2v) is 13.5. The van der Waals surface area contributed by atoms with Gasteiger partial charge in [0.25, 0.3) is 10.0 Å². The van der Waals surface area contributed by atoms with Gasteiger partial charge in [0, 0.05) is 24.0 Å². The summed E-state index contributed by atoms with van der Waals surface area (Å²) in [4.78, 5) is 30.1. The highest BCUT2D eigenvalue weighted by Gasteiger charge is 2.36. The molecule has 2 amide bonds. The van der Waals surface area contributed by atoms with Gasteiger partial charge < -0.3 is 15.0 Å². The van der Waals surface area contributed by atoms with Crippen LogP contribution in [-0.4, -0.2) is 50.9 Å². The van der Waals surface area contributed by atoms with Gasteiger partial charge in [-0.2, -0.15) is 0 Å². The molecule has 10 heteroatoms. The van der Waals surface area contributed by atoms with Crippen LogP contribution in [0.1, 0.15) is 37.0 Å². The number of carbonyl (C=O) groups excluding carboxylic acids is 2. The highest BCUT2D eigenvalue weighted by atomic mass is 35.5. The molecule has 8 nitrogen and oxygen atoms in total. The fraction of sp³-hybridized carbons (Fsp3) is 0.278. The van der Waals surface area contributed by atoms with Gasteiger partial charge in [-0.3, -0.25) is 13.9 Å². The molecule has 1 N–H and O–H groups in total. The first-order valence-electron chi connectivity index (χ1n) is 15.1. The van der Waals surface area contributed by atoms with E-state index in [0.29, 0.717) is 17.0 Å². The molecular weight excluding hydrogens is 622 g/mol. The molecule has 242 valence electrons. The van der Waals surface area contributed by atoms with Crippen LogP contribution in [0.25, 0.3) is 0 Å². The molecule has 0 aliphatic heterocycles. The molecule has 0 radical (unpaired) electrons. The summed E-state index contributed by atoms with van der Waals surface area (Å²) in [7, 11) is -2.81. The molecule has 0 unspecified atom stereocenters. The van der Waals surface area contributed by atoms with Gasteiger partial charge in [0.05, 0.1) is 17.7 Å². The number of hydrogen-bond donors (Lipinski definition) is 1. The van der Waals surface area contributed by atoms with Gasteiger partial charge >= 0.3 is 0 Å². The molecule has 2 atom stereocenters. The maximum absolute atomic E-state index is 14.6. The molecule has 4 rings (SSSR count). The molecule has 0 heterocycles. The third-order valence-electron chi connectivity index (χ3n) is 7.73. The first kappa shape index (κ1) is 34.5. The number of ether oxygens (including phenoxy) is 1. The maximum Gasteiger partial charge on any atom is 0.264 e. The van der Waals surface area contributed by atoms with Gasteiger partial charge in [-0.15, -0.1) is 0 Å². The fourth-order valence-corrected chi connectivity index (χ4v) is 6.71. The van der Waals surface area contributed by atoms with Gasteiger partial charge in [-0.25, -0.2) is 8.42 Å². The van der Waals surface area contributed by atoms with Crippen LogP contribution in [0.5, 0.6) is 5.75 Å². The predicted molar refractivity (Wildman–Crippen MR) is 183 cm³/mol. The number of amides is 2. The minimum atomic E-state index is -4.26. The van der Waals surface area contributed by atoms with Crippen LogP contribution >= 0.6 is 11.6 Å². The molecule has 0 saturated heterocycles. The second kappa shape index (κ2) is 15.8. The Morgan fingerprint density at radius 3 is 2.17 bits per heavy atom. The summed E-state index contributed by atoms with van der Waals surface area (Å²) in [5.41, 5.74) is 2.54. The van der Waals surface area contributed by atoms with Crippen molar-refractivity contribution in [3.8, 4) is 5.75 Å². The van der Waals surface area contributed by atoms with E-state index in [0.717, 1.165) is 15.4 Å². The number of nitrogens with one attached hydrogen (secondary N) is 1. The summed E-state index contributed by atoms with van der Waals surface area (Å²) in [5, 5.41) is 3.52. The van der Waals surface area contributed by atoms with Crippen LogP contribution in [0.4, 0.5) is 5.69 Å². The first-order valence-corrected chi connectivity index (χ1v) is 17.0. The molecular formula is C36H40ClN3O5S. The van der Waals surface area contributed by atoms with Gasteiger partial charge in [0.2, 0.25) is 11.8 Å². The Hall–Kier alpha value is -4.34. The fourth-order valence-electron chi connectivity index (χ4n) is 5.06. The highest BCUT2D eigenvalue weighted by molar-refractivity contribution is 7.92. The minimum Gasteiger partial charge on any atom is -0.495 e. The zero-order valence-corrected chi connectivity index (χ0v) is 28.1. The molecule has 0 fully saturated rings. The van der Waals surface area contributed by atoms with Crippen molar-refractivity contribution in [2.75, 3.05) is 18.0 Å². The Balaban J connectivity index is 1.85. The van der Waals surface area contributed by atoms with Gasteiger partial charge in [0.1, 0.15) is 18.3 Å². The Kier molecular flexibility index (Phi) is 11.8. The van der Waals surface area contributed by atoms with E-state index in [2.05, 4.69) is 5.32 Å². The molecule has 0 aliphatic rings. The third-order valence-corrected chi connectivity index (χ3v) is 9.74. The average Bonchev–Trinajstić information content (AvgIpc) is 3.05. The van der Waals surface area contributed by atoms with Crippen molar-refractivity contribution < 1.29 is 22.7 Å². The third kappa shape index (κ3) is 8.68. The van der Waals surface area contributed by atoms with Gasteiger partial charge in [0.15, 0.2) is 0 Å². The summed E-state index contributed by atoms with van der Waals surface area (Å²) in [6, 6.07) is 28.5. The summed E-state index contributed by atoms with van der Waals surface area (Å²) < 4.78 is 35.1. The summed E-state index contributed by atoms with van der Waals surface area (Å²) in [6.45, 7) is 5.14. The van der Waals surface area contributed by atoms with E-state index in [9.17, 15) is 18.0 Å². The van der Waals surface area contributed by atoms with Crippen LogP contribution < -0.4 is 14.4 Å². The van der Waals surface area contributed by atoms with E-state index in [1.165, 1.54) is 24.1 Å². The quantitative estimate of drug-likeness (QED) is 0.169. The molecule has 46 heavy (non-hydrogen) atoms. The van der Waals surface area contributed by atoms with E-state index in [1.807, 2.05) is 57.2 Å². The van der Waals surface area contributed by atoms with E-state index >= 15 is 0 Å². The van der Waals surface area contributed by atoms with Crippen molar-refractivity contribution in [1.29, 1.82) is 0 Å². The van der Waals surface area contributed by atoms with Gasteiger partial charge in [-0.05, 0) is 73.4 Å². The van der Waals surface area contributed by atoms with Crippen LogP contribution in [-0.2, 0) is 32.6 Å². The van der Waals surface area contributed by atoms with E-state index < -0.39 is 28.5 Å². The molecule has 4 aromatic carbocycles. The molecule has 0 spiro atoms. The predicted octanol–water partition coefficient (Wildman–Crippen LogP) is 6.41. The molecule has 0 aliphatic carbocycles.